The zero-order valence-electron chi connectivity index (χ0n) is 18.2. The van der Waals surface area contributed by atoms with Gasteiger partial charge in [0, 0.05) is 18.4 Å². The molecule has 0 spiro atoms. The monoisotopic (exact) mass is 408 g/mol. The van der Waals surface area contributed by atoms with E-state index in [0.29, 0.717) is 22.6 Å². The highest BCUT2D eigenvalue weighted by Gasteiger charge is 2.44. The average molecular weight is 408 g/mol. The molecule has 30 heavy (non-hydrogen) atoms. The first kappa shape index (κ1) is 20.3. The fourth-order valence-electron chi connectivity index (χ4n) is 4.21. The molecule has 1 aliphatic heterocycles. The van der Waals surface area contributed by atoms with E-state index in [1.54, 1.807) is 19.4 Å². The molecular formula is C25H28O5. The summed E-state index contributed by atoms with van der Waals surface area (Å²) in [6.07, 6.45) is 6.47. The lowest BCUT2D eigenvalue weighted by Crippen LogP contribution is -2.33. The van der Waals surface area contributed by atoms with Crippen molar-refractivity contribution in [1.29, 1.82) is 0 Å². The lowest BCUT2D eigenvalue weighted by Gasteiger charge is -2.28. The molecule has 0 saturated carbocycles. The molecule has 0 saturated heterocycles. The third kappa shape index (κ3) is 3.64. The second-order valence-corrected chi connectivity index (χ2v) is 8.49. The number of hydrogen-bond donors (Lipinski definition) is 0. The van der Waals surface area contributed by atoms with Crippen LogP contribution in [0.1, 0.15) is 56.4 Å². The second-order valence-electron chi connectivity index (χ2n) is 8.49. The van der Waals surface area contributed by atoms with Crippen LogP contribution in [0, 0.1) is 6.92 Å². The highest BCUT2D eigenvalue weighted by Crippen LogP contribution is 2.48. The molecule has 158 valence electrons. The van der Waals surface area contributed by atoms with Crippen molar-refractivity contribution in [2.24, 2.45) is 0 Å². The summed E-state index contributed by atoms with van der Waals surface area (Å²) in [5.74, 6) is 2.21. The van der Waals surface area contributed by atoms with E-state index >= 15 is 0 Å². The predicted octanol–water partition coefficient (Wildman–Crippen LogP) is 5.93. The molecule has 0 unspecified atom stereocenters. The summed E-state index contributed by atoms with van der Waals surface area (Å²) in [5.41, 5.74) is 2.71. The Bertz CT molecular complexity index is 1170. The van der Waals surface area contributed by atoms with Crippen LogP contribution in [-0.4, -0.2) is 12.7 Å². The lowest BCUT2D eigenvalue weighted by atomic mass is 9.84. The maximum atomic E-state index is 12.7. The predicted molar refractivity (Wildman–Crippen MR) is 117 cm³/mol. The molecule has 5 heteroatoms. The number of allylic oxidation sites excluding steroid dienone is 2. The van der Waals surface area contributed by atoms with Crippen molar-refractivity contribution in [3.63, 3.8) is 0 Å². The number of furan rings is 1. The molecular weight excluding hydrogens is 380 g/mol. The first-order valence-corrected chi connectivity index (χ1v) is 10.3. The molecule has 0 amide bonds. The van der Waals surface area contributed by atoms with Crippen molar-refractivity contribution < 1.29 is 18.3 Å². The van der Waals surface area contributed by atoms with Gasteiger partial charge in [-0.05, 0) is 57.4 Å². The van der Waals surface area contributed by atoms with Crippen LogP contribution >= 0.6 is 0 Å². The van der Waals surface area contributed by atoms with Crippen LogP contribution in [0.5, 0.6) is 11.5 Å². The molecule has 3 aromatic rings. The van der Waals surface area contributed by atoms with Crippen LogP contribution < -0.4 is 15.1 Å². The minimum atomic E-state index is -0.469. The van der Waals surface area contributed by atoms with Crippen LogP contribution in [0.15, 0.2) is 55.8 Å². The summed E-state index contributed by atoms with van der Waals surface area (Å²) in [5, 5.41) is 0.806. The van der Waals surface area contributed by atoms with E-state index in [0.717, 1.165) is 36.0 Å². The summed E-state index contributed by atoms with van der Waals surface area (Å²) in [4.78, 5) is 12.7. The van der Waals surface area contributed by atoms with Crippen molar-refractivity contribution in [3.8, 4) is 11.5 Å². The smallest absolute Gasteiger partial charge is 0.343 e. The van der Waals surface area contributed by atoms with Gasteiger partial charge in [-0.3, -0.25) is 0 Å². The van der Waals surface area contributed by atoms with Crippen molar-refractivity contribution in [2.75, 3.05) is 7.11 Å². The van der Waals surface area contributed by atoms with Crippen molar-refractivity contribution >= 4 is 11.0 Å². The first-order chi connectivity index (χ1) is 14.3. The molecule has 0 bridgehead atoms. The van der Waals surface area contributed by atoms with Crippen molar-refractivity contribution in [3.05, 3.63) is 69.5 Å². The fourth-order valence-corrected chi connectivity index (χ4v) is 4.21. The average Bonchev–Trinajstić information content (AvgIpc) is 3.22. The largest absolute Gasteiger partial charge is 0.497 e. The maximum absolute atomic E-state index is 12.7. The zero-order chi connectivity index (χ0) is 21.5. The van der Waals surface area contributed by atoms with E-state index in [9.17, 15) is 4.79 Å². The summed E-state index contributed by atoms with van der Waals surface area (Å²) in [7, 11) is 1.59. The standard InChI is InChI=1S/C25H28O5/c1-15(11-19-12-16(2)14-28-19)7-6-10-25(4)17(3)22-23(30-25)20-9-8-18(27-5)13-21(20)29-24(22)26/h7-9,12-14,17H,6,10-11H2,1-5H3/t17-,25-/m0/s1. The molecule has 0 fully saturated rings. The Morgan fingerprint density at radius 1 is 1.30 bits per heavy atom. The van der Waals surface area contributed by atoms with E-state index in [4.69, 9.17) is 18.3 Å². The Morgan fingerprint density at radius 3 is 2.80 bits per heavy atom. The first-order valence-electron chi connectivity index (χ1n) is 10.3. The van der Waals surface area contributed by atoms with Gasteiger partial charge in [-0.25, -0.2) is 4.79 Å². The minimum Gasteiger partial charge on any atom is -0.497 e. The summed E-state index contributed by atoms with van der Waals surface area (Å²) in [6.45, 7) is 8.26. The fraction of sp³-hybridized carbons (Fsp3) is 0.400. The van der Waals surface area contributed by atoms with E-state index in [1.807, 2.05) is 26.0 Å². The van der Waals surface area contributed by atoms with Gasteiger partial charge < -0.3 is 18.3 Å². The molecule has 5 nitrogen and oxygen atoms in total. The Hall–Kier alpha value is -2.95. The van der Waals surface area contributed by atoms with Crippen LogP contribution in [-0.2, 0) is 6.42 Å². The maximum Gasteiger partial charge on any atom is 0.343 e. The number of benzene rings is 1. The Balaban J connectivity index is 1.54. The Kier molecular flexibility index (Phi) is 5.22. The summed E-state index contributed by atoms with van der Waals surface area (Å²) in [6, 6.07) is 7.54. The normalized spacial score (nSPS) is 21.0. The molecule has 4 rings (SSSR count). The number of methoxy groups -OCH3 is 1. The van der Waals surface area contributed by atoms with Gasteiger partial charge in [0.15, 0.2) is 0 Å². The van der Waals surface area contributed by atoms with Gasteiger partial charge in [-0.2, -0.15) is 0 Å². The Labute approximate surface area is 176 Å². The van der Waals surface area contributed by atoms with Crippen molar-refractivity contribution in [2.45, 2.75) is 58.5 Å². The topological polar surface area (TPSA) is 61.8 Å². The molecule has 2 aromatic heterocycles. The molecule has 1 aromatic carbocycles. The number of fused-ring (bicyclic) bond motifs is 3. The van der Waals surface area contributed by atoms with Gasteiger partial charge in [0.2, 0.25) is 0 Å². The SMILES string of the molecule is COc1ccc2c3c(c(=O)oc2c1)[C@H](C)[C@](C)(CCC=C(C)Cc1cc(C)co1)O3. The summed E-state index contributed by atoms with van der Waals surface area (Å²) < 4.78 is 22.8. The molecule has 0 radical (unpaired) electrons. The van der Waals surface area contributed by atoms with Gasteiger partial charge in [0.05, 0.1) is 24.3 Å². The van der Waals surface area contributed by atoms with Gasteiger partial charge in [0.1, 0.15) is 28.4 Å². The van der Waals surface area contributed by atoms with E-state index in [1.165, 1.54) is 5.57 Å². The number of ether oxygens (including phenoxy) is 2. The highest BCUT2D eigenvalue weighted by atomic mass is 16.5. The summed E-state index contributed by atoms with van der Waals surface area (Å²) >= 11 is 0. The van der Waals surface area contributed by atoms with E-state index in [-0.39, 0.29) is 11.5 Å². The molecule has 0 aliphatic carbocycles. The van der Waals surface area contributed by atoms with Crippen molar-refractivity contribution in [1.82, 2.24) is 0 Å². The number of aryl methyl sites for hydroxylation is 1. The lowest BCUT2D eigenvalue weighted by molar-refractivity contribution is 0.0862. The second kappa shape index (κ2) is 7.71. The van der Waals surface area contributed by atoms with Gasteiger partial charge >= 0.3 is 5.63 Å². The quantitative estimate of drug-likeness (QED) is 0.374. The van der Waals surface area contributed by atoms with Crippen LogP contribution in [0.3, 0.4) is 0 Å². The molecule has 1 aliphatic rings. The third-order valence-electron chi connectivity index (χ3n) is 6.16. The number of hydrogen-bond acceptors (Lipinski definition) is 5. The Morgan fingerprint density at radius 2 is 2.10 bits per heavy atom. The van der Waals surface area contributed by atoms with E-state index < -0.39 is 5.60 Å². The highest BCUT2D eigenvalue weighted by molar-refractivity contribution is 5.86. The van der Waals surface area contributed by atoms with Crippen LogP contribution in [0.25, 0.3) is 11.0 Å². The molecule has 0 N–H and O–H groups in total. The molecule has 2 atom stereocenters. The van der Waals surface area contributed by atoms with Gasteiger partial charge in [0.25, 0.3) is 0 Å². The zero-order valence-corrected chi connectivity index (χ0v) is 18.2. The van der Waals surface area contributed by atoms with Crippen LogP contribution in [0.2, 0.25) is 0 Å². The van der Waals surface area contributed by atoms with Crippen LogP contribution in [0.4, 0.5) is 0 Å². The minimum absolute atomic E-state index is 0.0586. The third-order valence-corrected chi connectivity index (χ3v) is 6.16. The van der Waals surface area contributed by atoms with E-state index in [2.05, 4.69) is 26.0 Å². The van der Waals surface area contributed by atoms with Gasteiger partial charge in [-0.1, -0.05) is 18.6 Å². The van der Waals surface area contributed by atoms with Gasteiger partial charge in [-0.15, -0.1) is 0 Å². The molecule has 3 heterocycles. The number of rotatable bonds is 6.